The summed E-state index contributed by atoms with van der Waals surface area (Å²) in [5.41, 5.74) is 2.09. The third-order valence-corrected chi connectivity index (χ3v) is 12.7. The highest BCUT2D eigenvalue weighted by atomic mass is 19.3. The number of imide groups is 1. The Morgan fingerprint density at radius 3 is 2.57 bits per heavy atom. The molecule has 7 heterocycles. The van der Waals surface area contributed by atoms with Gasteiger partial charge in [-0.1, -0.05) is 6.07 Å². The first-order valence-electron chi connectivity index (χ1n) is 21.5. The van der Waals surface area contributed by atoms with Gasteiger partial charge >= 0.3 is 5.76 Å². The first-order valence-corrected chi connectivity index (χ1v) is 21.5. The van der Waals surface area contributed by atoms with Crippen molar-refractivity contribution in [3.05, 3.63) is 70.2 Å². The third-order valence-electron chi connectivity index (χ3n) is 12.7. The molecule has 4 aromatic heterocycles. The quantitative estimate of drug-likeness (QED) is 0.113. The van der Waals surface area contributed by atoms with E-state index < -0.39 is 35.7 Å². The van der Waals surface area contributed by atoms with Gasteiger partial charge in [0.25, 0.3) is 12.3 Å². The summed E-state index contributed by atoms with van der Waals surface area (Å²) < 4.78 is 44.7. The predicted octanol–water partition coefficient (Wildman–Crippen LogP) is 4.26. The highest BCUT2D eigenvalue weighted by molar-refractivity contribution is 6.08. The molecular formula is C42H51F2N11O6. The molecule has 3 N–H and O–H groups in total. The Hall–Kier alpha value is -5.53. The first kappa shape index (κ1) is 40.9. The van der Waals surface area contributed by atoms with Gasteiger partial charge in [0, 0.05) is 71.2 Å². The van der Waals surface area contributed by atoms with Gasteiger partial charge in [0.05, 0.1) is 29.5 Å². The van der Waals surface area contributed by atoms with Gasteiger partial charge in [-0.05, 0) is 87.5 Å². The second kappa shape index (κ2) is 17.8. The Morgan fingerprint density at radius 2 is 1.80 bits per heavy atom. The molecule has 0 radical (unpaired) electrons. The van der Waals surface area contributed by atoms with Gasteiger partial charge in [0.2, 0.25) is 11.8 Å². The fourth-order valence-electron chi connectivity index (χ4n) is 9.33. The summed E-state index contributed by atoms with van der Waals surface area (Å²) >= 11 is 0. The molecule has 1 aromatic carbocycles. The number of aryl methyl sites for hydroxylation is 1. The number of fused-ring (bicyclic) bond motifs is 2. The van der Waals surface area contributed by atoms with E-state index in [1.54, 1.807) is 23.1 Å². The lowest BCUT2D eigenvalue weighted by atomic mass is 9.85. The Balaban J connectivity index is 0.712. The van der Waals surface area contributed by atoms with E-state index >= 15 is 0 Å². The predicted molar refractivity (Wildman–Crippen MR) is 220 cm³/mol. The SMILES string of the molecule is O=C1CCC(n2c(=O)oc3cc(CCCOC4CCN(C[C@H]5CC[C@H](n6cc(NC(=O)c7cnn8ccc(N9CCNCC9)nc78)c(C(F)F)n6)CC5)CC4)ccc32)C(=O)N1. The van der Waals surface area contributed by atoms with Crippen LogP contribution in [-0.2, 0) is 20.7 Å². The van der Waals surface area contributed by atoms with Crippen molar-refractivity contribution in [2.24, 2.45) is 5.92 Å². The summed E-state index contributed by atoms with van der Waals surface area (Å²) in [6.45, 7) is 6.79. The molecular weight excluding hydrogens is 793 g/mol. The molecule has 9 rings (SSSR count). The molecule has 4 aliphatic rings. The number of carbonyl (C=O) groups excluding carboxylic acids is 3. The summed E-state index contributed by atoms with van der Waals surface area (Å²) in [4.78, 5) is 59.4. The van der Waals surface area contributed by atoms with Gasteiger partial charge in [0.15, 0.2) is 16.9 Å². The van der Waals surface area contributed by atoms with E-state index in [-0.39, 0.29) is 42.1 Å². The average Bonchev–Trinajstić information content (AvgIpc) is 3.98. The van der Waals surface area contributed by atoms with E-state index in [2.05, 4.69) is 35.9 Å². The number of likely N-dealkylation sites (tertiary alicyclic amines) is 1. The molecule has 61 heavy (non-hydrogen) atoms. The molecule has 3 saturated heterocycles. The third kappa shape index (κ3) is 8.95. The minimum Gasteiger partial charge on any atom is -0.408 e. The number of hydrogen-bond donors (Lipinski definition) is 3. The van der Waals surface area contributed by atoms with Crippen molar-refractivity contribution < 1.29 is 32.3 Å². The second-order valence-electron chi connectivity index (χ2n) is 16.7. The summed E-state index contributed by atoms with van der Waals surface area (Å²) in [5.74, 6) is -0.757. The minimum atomic E-state index is -2.85. The maximum Gasteiger partial charge on any atom is 0.420 e. The zero-order valence-electron chi connectivity index (χ0n) is 33.9. The number of alkyl halides is 2. The van der Waals surface area contributed by atoms with E-state index in [4.69, 9.17) is 14.1 Å². The molecule has 19 heteroatoms. The van der Waals surface area contributed by atoms with Gasteiger partial charge in [-0.15, -0.1) is 0 Å². The van der Waals surface area contributed by atoms with Gasteiger partial charge in [-0.3, -0.25) is 28.9 Å². The Labute approximate surface area is 349 Å². The van der Waals surface area contributed by atoms with E-state index in [0.29, 0.717) is 29.3 Å². The van der Waals surface area contributed by atoms with Gasteiger partial charge in [-0.25, -0.2) is 23.1 Å². The monoisotopic (exact) mass is 843 g/mol. The summed E-state index contributed by atoms with van der Waals surface area (Å²) in [7, 11) is 0. The topological polar surface area (TPSA) is 186 Å². The molecule has 1 saturated carbocycles. The van der Waals surface area contributed by atoms with Crippen molar-refractivity contribution >= 4 is 46.0 Å². The van der Waals surface area contributed by atoms with Crippen molar-refractivity contribution in [1.82, 2.24) is 44.5 Å². The number of oxazole rings is 1. The van der Waals surface area contributed by atoms with Crippen LogP contribution >= 0.6 is 0 Å². The maximum absolute atomic E-state index is 14.2. The largest absolute Gasteiger partial charge is 0.420 e. The summed E-state index contributed by atoms with van der Waals surface area (Å²) in [5, 5.41) is 16.8. The number of nitrogens with zero attached hydrogens (tertiary/aromatic N) is 8. The number of nitrogens with one attached hydrogen (secondary N) is 3. The molecule has 1 aliphatic carbocycles. The van der Waals surface area contributed by atoms with Crippen molar-refractivity contribution in [3.8, 4) is 0 Å². The van der Waals surface area contributed by atoms with Crippen LogP contribution < -0.4 is 26.6 Å². The number of aromatic nitrogens is 6. The van der Waals surface area contributed by atoms with Crippen LogP contribution in [0.1, 0.15) is 97.9 Å². The molecule has 3 amide bonds. The summed E-state index contributed by atoms with van der Waals surface area (Å²) in [6.07, 6.45) is 9.54. The zero-order chi connectivity index (χ0) is 42.0. The molecule has 3 aliphatic heterocycles. The molecule has 4 fully saturated rings. The normalized spacial score (nSPS) is 22.1. The number of ether oxygens (including phenoxy) is 1. The fourth-order valence-corrected chi connectivity index (χ4v) is 9.33. The molecule has 0 bridgehead atoms. The van der Waals surface area contributed by atoms with E-state index in [9.17, 15) is 28.0 Å². The fraction of sp³-hybridized carbons (Fsp3) is 0.548. The standard InChI is InChI=1S/C42H51F2N11O6/c43-38(44)37-31(47-40(57)30-23-46-53-18-13-35(48-39(30)53)52-19-14-45-15-20-52)25-54(50-37)28-6-3-27(4-7-28)24-51-16-11-29(12-17-51)60-21-1-2-26-5-8-32-34(22-26)61-42(59)55(32)33-9-10-36(56)49-41(33)58/h5,8,13,18,22-23,25,27-29,33,38,45H,1-4,6-7,9-12,14-17,19-21,24H2,(H,47,57)(H,49,56,58)/t27-,28-,33?. The van der Waals surface area contributed by atoms with Crippen LogP contribution in [0.2, 0.25) is 0 Å². The van der Waals surface area contributed by atoms with Crippen LogP contribution in [0.15, 0.2) is 52.1 Å². The lowest BCUT2D eigenvalue weighted by Gasteiger charge is -2.36. The zero-order valence-corrected chi connectivity index (χ0v) is 33.9. The second-order valence-corrected chi connectivity index (χ2v) is 16.7. The number of halogens is 2. The maximum atomic E-state index is 14.2. The van der Waals surface area contributed by atoms with Crippen LogP contribution in [0.4, 0.5) is 20.3 Å². The highest BCUT2D eigenvalue weighted by Gasteiger charge is 2.32. The van der Waals surface area contributed by atoms with Crippen LogP contribution in [-0.4, -0.2) is 110 Å². The first-order chi connectivity index (χ1) is 29.7. The van der Waals surface area contributed by atoms with Crippen molar-refractivity contribution in [3.63, 3.8) is 0 Å². The average molecular weight is 844 g/mol. The molecule has 1 atom stereocenters. The smallest absolute Gasteiger partial charge is 0.408 e. The lowest BCUT2D eigenvalue weighted by Crippen LogP contribution is -2.43. The molecule has 5 aromatic rings. The number of piperidine rings is 2. The van der Waals surface area contributed by atoms with Crippen LogP contribution in [0.25, 0.3) is 16.7 Å². The Kier molecular flexibility index (Phi) is 11.9. The van der Waals surface area contributed by atoms with E-state index in [0.717, 1.165) is 109 Å². The number of anilines is 2. The van der Waals surface area contributed by atoms with Crippen LogP contribution in [0, 0.1) is 5.92 Å². The van der Waals surface area contributed by atoms with Crippen LogP contribution in [0.5, 0.6) is 0 Å². The van der Waals surface area contributed by atoms with Crippen LogP contribution in [0.3, 0.4) is 0 Å². The number of amides is 3. The molecule has 1 unspecified atom stereocenters. The number of carbonyl (C=O) groups is 3. The van der Waals surface area contributed by atoms with Crippen molar-refractivity contribution in [2.45, 2.75) is 88.8 Å². The van der Waals surface area contributed by atoms with Gasteiger partial charge < -0.3 is 29.6 Å². The van der Waals surface area contributed by atoms with Crippen molar-refractivity contribution in [2.75, 3.05) is 62.6 Å². The Morgan fingerprint density at radius 1 is 1.00 bits per heavy atom. The number of benzene rings is 1. The van der Waals surface area contributed by atoms with E-state index in [1.165, 1.54) is 15.3 Å². The number of hydrogen-bond acceptors (Lipinski definition) is 12. The minimum absolute atomic E-state index is 0.000400. The molecule has 17 nitrogen and oxygen atoms in total. The van der Waals surface area contributed by atoms with E-state index in [1.807, 2.05) is 18.2 Å². The number of rotatable bonds is 13. The lowest BCUT2D eigenvalue weighted by molar-refractivity contribution is -0.135. The number of piperazine rings is 1. The van der Waals surface area contributed by atoms with Gasteiger partial charge in [-0.2, -0.15) is 10.2 Å². The Bertz CT molecular complexity index is 2440. The highest BCUT2D eigenvalue weighted by Crippen LogP contribution is 2.36. The van der Waals surface area contributed by atoms with Crippen molar-refractivity contribution in [1.29, 1.82) is 0 Å². The molecule has 0 spiro atoms. The van der Waals surface area contributed by atoms with Gasteiger partial charge in [0.1, 0.15) is 17.4 Å². The summed E-state index contributed by atoms with van der Waals surface area (Å²) in [6, 6.07) is 6.63. The molecule has 324 valence electrons.